The molecule has 2 aliphatic rings. The molecular weight excluding hydrogens is 558 g/mol. The van der Waals surface area contributed by atoms with E-state index in [1.807, 2.05) is 24.0 Å². The van der Waals surface area contributed by atoms with Gasteiger partial charge in [-0.1, -0.05) is 75.6 Å². The third-order valence-corrected chi connectivity index (χ3v) is 9.08. The van der Waals surface area contributed by atoms with E-state index < -0.39 is 0 Å². The molecule has 3 heterocycles. The number of piperazine rings is 1. The van der Waals surface area contributed by atoms with Crippen molar-refractivity contribution in [1.82, 2.24) is 9.47 Å². The summed E-state index contributed by atoms with van der Waals surface area (Å²) in [6.45, 7) is 9.22. The van der Waals surface area contributed by atoms with Crippen molar-refractivity contribution >= 4 is 51.8 Å². The lowest BCUT2D eigenvalue weighted by atomic mass is 10.0. The number of hydrogen-bond donors (Lipinski definition) is 0. The summed E-state index contributed by atoms with van der Waals surface area (Å²) in [7, 11) is 0. The topological polar surface area (TPSA) is 72.6 Å². The SMILES string of the molecule is CCCCCCCN1C(=O)C(=Cc2c(C)c(C#N)c(=O)n(CCC)c2N2CCN(c3ccccc3F)CC2)SC1=S. The number of carbonyl (C=O) groups is 1. The van der Waals surface area contributed by atoms with E-state index in [1.54, 1.807) is 28.5 Å². The first-order chi connectivity index (χ1) is 19.8. The van der Waals surface area contributed by atoms with Crippen LogP contribution < -0.4 is 15.4 Å². The van der Waals surface area contributed by atoms with Crippen LogP contribution in [0.1, 0.15) is 69.1 Å². The van der Waals surface area contributed by atoms with Crippen LogP contribution in [0.3, 0.4) is 0 Å². The quantitative estimate of drug-likeness (QED) is 0.177. The maximum atomic E-state index is 14.5. The summed E-state index contributed by atoms with van der Waals surface area (Å²) in [5, 5.41) is 9.92. The van der Waals surface area contributed by atoms with E-state index in [2.05, 4.69) is 17.9 Å². The van der Waals surface area contributed by atoms with Crippen LogP contribution in [-0.4, -0.2) is 52.4 Å². The number of anilines is 2. The number of thioether (sulfide) groups is 1. The summed E-state index contributed by atoms with van der Waals surface area (Å²) in [5.41, 5.74) is 1.58. The van der Waals surface area contributed by atoms with Crippen molar-refractivity contribution in [3.8, 4) is 6.07 Å². The molecule has 0 radical (unpaired) electrons. The van der Waals surface area contributed by atoms with Crippen molar-refractivity contribution in [2.45, 2.75) is 65.8 Å². The van der Waals surface area contributed by atoms with Crippen molar-refractivity contribution in [3.63, 3.8) is 0 Å². The molecule has 0 unspecified atom stereocenters. The minimum Gasteiger partial charge on any atom is -0.366 e. The number of aromatic nitrogens is 1. The van der Waals surface area contributed by atoms with Crippen molar-refractivity contribution < 1.29 is 9.18 Å². The molecule has 0 atom stereocenters. The van der Waals surface area contributed by atoms with Crippen LogP contribution in [0.2, 0.25) is 0 Å². The van der Waals surface area contributed by atoms with Gasteiger partial charge in [0.1, 0.15) is 27.6 Å². The third kappa shape index (κ3) is 6.68. The summed E-state index contributed by atoms with van der Waals surface area (Å²) in [6.07, 6.45) is 7.96. The summed E-state index contributed by atoms with van der Waals surface area (Å²) in [6, 6.07) is 8.85. The molecule has 2 aliphatic heterocycles. The second kappa shape index (κ2) is 14.1. The maximum absolute atomic E-state index is 14.5. The Morgan fingerprint density at radius 3 is 2.34 bits per heavy atom. The van der Waals surface area contributed by atoms with Gasteiger partial charge in [-0.2, -0.15) is 5.26 Å². The van der Waals surface area contributed by atoms with Crippen molar-refractivity contribution in [2.24, 2.45) is 0 Å². The average Bonchev–Trinajstić information content (AvgIpc) is 3.23. The molecule has 41 heavy (non-hydrogen) atoms. The monoisotopic (exact) mass is 595 g/mol. The molecule has 0 N–H and O–H groups in total. The fourth-order valence-corrected chi connectivity index (χ4v) is 6.77. The molecule has 2 saturated heterocycles. The number of benzene rings is 1. The molecule has 0 spiro atoms. The Morgan fingerprint density at radius 1 is 1.00 bits per heavy atom. The van der Waals surface area contributed by atoms with Gasteiger partial charge in [-0.15, -0.1) is 0 Å². The minimum absolute atomic E-state index is 0.0878. The minimum atomic E-state index is -0.324. The van der Waals surface area contributed by atoms with E-state index in [4.69, 9.17) is 12.2 Å². The fraction of sp³-hybridized carbons (Fsp3) is 0.484. The molecule has 218 valence electrons. The number of rotatable bonds is 11. The van der Waals surface area contributed by atoms with Gasteiger partial charge in [0.05, 0.1) is 10.6 Å². The van der Waals surface area contributed by atoms with Crippen LogP contribution in [-0.2, 0) is 11.3 Å². The van der Waals surface area contributed by atoms with Crippen LogP contribution in [0.5, 0.6) is 0 Å². The molecule has 2 aromatic rings. The number of unbranched alkanes of at least 4 members (excludes halogenated alkanes) is 4. The summed E-state index contributed by atoms with van der Waals surface area (Å²) >= 11 is 6.86. The van der Waals surface area contributed by atoms with E-state index in [0.717, 1.165) is 25.7 Å². The number of nitriles is 1. The number of thiocarbonyl (C=S) groups is 1. The lowest BCUT2D eigenvalue weighted by Crippen LogP contribution is -2.49. The molecule has 0 saturated carbocycles. The highest BCUT2D eigenvalue weighted by Gasteiger charge is 2.33. The summed E-state index contributed by atoms with van der Waals surface area (Å²) in [5.74, 6) is 0.314. The Morgan fingerprint density at radius 2 is 1.68 bits per heavy atom. The number of halogens is 1. The number of pyridine rings is 1. The second-order valence-electron chi connectivity index (χ2n) is 10.5. The molecule has 1 aromatic carbocycles. The molecule has 4 rings (SSSR count). The lowest BCUT2D eigenvalue weighted by molar-refractivity contribution is -0.122. The van der Waals surface area contributed by atoms with Crippen LogP contribution in [0.15, 0.2) is 34.0 Å². The second-order valence-corrected chi connectivity index (χ2v) is 12.2. The zero-order valence-corrected chi connectivity index (χ0v) is 25.8. The van der Waals surface area contributed by atoms with Gasteiger partial charge in [-0.05, 0) is 43.5 Å². The number of hydrogen-bond acceptors (Lipinski definition) is 7. The first-order valence-corrected chi connectivity index (χ1v) is 15.7. The predicted octanol–water partition coefficient (Wildman–Crippen LogP) is 6.08. The Kier molecular flexibility index (Phi) is 10.6. The molecule has 7 nitrogen and oxygen atoms in total. The molecular formula is C31H38FN5O2S2. The van der Waals surface area contributed by atoms with Crippen LogP contribution in [0, 0.1) is 24.1 Å². The normalized spacial score (nSPS) is 16.7. The van der Waals surface area contributed by atoms with Gasteiger partial charge >= 0.3 is 0 Å². The standard InChI is InChI=1S/C31H38FN5O2S2/c1-4-6-7-8-11-15-37-30(39)27(41-31(37)40)20-23-22(3)24(21-33)29(38)36(14-5-2)28(23)35-18-16-34(17-19-35)26-13-10-9-12-25(26)32/h9-10,12-13,20H,4-8,11,14-19H2,1-3H3. The van der Waals surface area contributed by atoms with Gasteiger partial charge in [-0.3, -0.25) is 19.1 Å². The number of nitrogens with zero attached hydrogens (tertiary/aromatic N) is 5. The highest BCUT2D eigenvalue weighted by molar-refractivity contribution is 8.26. The van der Waals surface area contributed by atoms with Crippen LogP contribution >= 0.6 is 24.0 Å². The molecule has 1 aromatic heterocycles. The van der Waals surface area contributed by atoms with Gasteiger partial charge in [-0.25, -0.2) is 4.39 Å². The van der Waals surface area contributed by atoms with Gasteiger partial charge < -0.3 is 9.80 Å². The van der Waals surface area contributed by atoms with Crippen LogP contribution in [0.4, 0.5) is 15.9 Å². The summed E-state index contributed by atoms with van der Waals surface area (Å²) in [4.78, 5) is 33.3. The molecule has 0 bridgehead atoms. The van der Waals surface area contributed by atoms with Gasteiger partial charge in [0.15, 0.2) is 0 Å². The van der Waals surface area contributed by atoms with E-state index in [0.29, 0.717) is 77.5 Å². The fourth-order valence-electron chi connectivity index (χ4n) is 5.48. The zero-order chi connectivity index (χ0) is 29.5. The highest BCUT2D eigenvalue weighted by Crippen LogP contribution is 2.36. The van der Waals surface area contributed by atoms with Crippen LogP contribution in [0.25, 0.3) is 6.08 Å². The number of carbonyl (C=O) groups excluding carboxylic acids is 1. The van der Waals surface area contributed by atoms with Gasteiger partial charge in [0.25, 0.3) is 11.5 Å². The van der Waals surface area contributed by atoms with Crippen molar-refractivity contribution in [1.29, 1.82) is 5.26 Å². The molecule has 0 aliphatic carbocycles. The molecule has 1 amide bonds. The first kappa shape index (κ1) is 30.8. The van der Waals surface area contributed by atoms with Gasteiger partial charge in [0, 0.05) is 44.8 Å². The molecule has 10 heteroatoms. The van der Waals surface area contributed by atoms with E-state index in [1.165, 1.54) is 24.2 Å². The maximum Gasteiger partial charge on any atom is 0.270 e. The van der Waals surface area contributed by atoms with E-state index in [9.17, 15) is 19.2 Å². The Bertz CT molecular complexity index is 1420. The number of amides is 1. The number of para-hydroxylation sites is 1. The lowest BCUT2D eigenvalue weighted by Gasteiger charge is -2.39. The van der Waals surface area contributed by atoms with Crippen molar-refractivity contribution in [3.05, 3.63) is 62.0 Å². The largest absolute Gasteiger partial charge is 0.366 e. The van der Waals surface area contributed by atoms with E-state index in [-0.39, 0.29) is 22.8 Å². The van der Waals surface area contributed by atoms with E-state index >= 15 is 0 Å². The Balaban J connectivity index is 1.69. The Hall–Kier alpha value is -3.16. The highest BCUT2D eigenvalue weighted by atomic mass is 32.2. The Labute approximate surface area is 251 Å². The smallest absolute Gasteiger partial charge is 0.270 e. The third-order valence-electron chi connectivity index (χ3n) is 7.70. The summed E-state index contributed by atoms with van der Waals surface area (Å²) < 4.78 is 16.7. The first-order valence-electron chi connectivity index (χ1n) is 14.5. The zero-order valence-electron chi connectivity index (χ0n) is 24.1. The van der Waals surface area contributed by atoms with Crippen molar-refractivity contribution in [2.75, 3.05) is 42.5 Å². The van der Waals surface area contributed by atoms with Gasteiger partial charge in [0.2, 0.25) is 0 Å². The molecule has 2 fully saturated rings. The predicted molar refractivity (Wildman–Crippen MR) is 170 cm³/mol. The average molecular weight is 596 g/mol.